The largest absolute Gasteiger partial charge is 0.479 e. The van der Waals surface area contributed by atoms with E-state index >= 15 is 0 Å². The van der Waals surface area contributed by atoms with E-state index in [0.29, 0.717) is 22.6 Å². The number of rotatable bonds is 15. The number of carbonyl (C=O) groups is 2. The highest BCUT2D eigenvalue weighted by Gasteiger charge is 2.36. The van der Waals surface area contributed by atoms with Gasteiger partial charge in [0.25, 0.3) is 0 Å². The Labute approximate surface area is 242 Å². The molecule has 1 aromatic carbocycles. The van der Waals surface area contributed by atoms with Gasteiger partial charge in [-0.15, -0.1) is 0 Å². The van der Waals surface area contributed by atoms with Gasteiger partial charge < -0.3 is 28.2 Å². The molecular formula is C26H34N5O10P. The zero-order valence-corrected chi connectivity index (χ0v) is 24.7. The first-order valence-electron chi connectivity index (χ1n) is 13.4. The number of nitrogens with one attached hydrogen (secondary N) is 1. The van der Waals surface area contributed by atoms with Crippen molar-refractivity contribution in [3.63, 3.8) is 0 Å². The highest BCUT2D eigenvalue weighted by atomic mass is 31.2. The number of nitrogens with zero attached hydrogens (tertiary/aromatic N) is 4. The van der Waals surface area contributed by atoms with E-state index in [2.05, 4.69) is 20.0 Å². The number of hydrogen-bond donors (Lipinski definition) is 1. The lowest BCUT2D eigenvalue weighted by molar-refractivity contribution is -0.145. The van der Waals surface area contributed by atoms with Crippen LogP contribution in [0.15, 0.2) is 36.9 Å². The third kappa shape index (κ3) is 7.81. The third-order valence-electron chi connectivity index (χ3n) is 6.03. The van der Waals surface area contributed by atoms with E-state index in [4.69, 9.17) is 32.7 Å². The van der Waals surface area contributed by atoms with Crippen LogP contribution in [0.1, 0.15) is 39.0 Å². The maximum Gasteiger partial charge on any atom is 0.459 e. The first-order valence-corrected chi connectivity index (χ1v) is 14.9. The molecule has 42 heavy (non-hydrogen) atoms. The van der Waals surface area contributed by atoms with Crippen molar-refractivity contribution in [1.29, 1.82) is 0 Å². The number of fused-ring (bicyclic) bond motifs is 1. The summed E-state index contributed by atoms with van der Waals surface area (Å²) in [5.41, 5.74) is 1.54. The molecule has 1 unspecified atom stereocenters. The van der Waals surface area contributed by atoms with Crippen LogP contribution in [0.2, 0.25) is 0 Å². The second-order valence-corrected chi connectivity index (χ2v) is 10.7. The van der Waals surface area contributed by atoms with Crippen molar-refractivity contribution in [2.45, 2.75) is 52.2 Å². The van der Waals surface area contributed by atoms with Crippen LogP contribution in [0.3, 0.4) is 0 Å². The minimum atomic E-state index is -4.23. The molecule has 16 heteroatoms. The molecule has 0 amide bonds. The van der Waals surface area contributed by atoms with Crippen molar-refractivity contribution in [2.24, 2.45) is 0 Å². The van der Waals surface area contributed by atoms with Gasteiger partial charge >= 0.3 is 19.7 Å². The maximum atomic E-state index is 14.0. The summed E-state index contributed by atoms with van der Waals surface area (Å²) in [6.07, 6.45) is 1.70. The van der Waals surface area contributed by atoms with E-state index in [-0.39, 0.29) is 51.0 Å². The molecule has 4 rings (SSSR count). The summed E-state index contributed by atoms with van der Waals surface area (Å²) in [5, 5.41) is 2.63. The molecule has 228 valence electrons. The topological polar surface area (TPSA) is 171 Å². The van der Waals surface area contributed by atoms with Crippen molar-refractivity contribution >= 4 is 30.8 Å². The Hall–Kier alpha value is -3.62. The van der Waals surface area contributed by atoms with Gasteiger partial charge in [-0.1, -0.05) is 18.2 Å². The Bertz CT molecular complexity index is 1420. The number of para-hydroxylation sites is 1. The van der Waals surface area contributed by atoms with Gasteiger partial charge in [0.05, 0.1) is 33.3 Å². The van der Waals surface area contributed by atoms with E-state index in [1.54, 1.807) is 42.7 Å². The van der Waals surface area contributed by atoms with Gasteiger partial charge in [0, 0.05) is 6.42 Å². The minimum absolute atomic E-state index is 0.0941. The molecule has 0 saturated carbocycles. The molecule has 1 N–H and O–H groups in total. The van der Waals surface area contributed by atoms with E-state index in [1.807, 2.05) is 0 Å². The van der Waals surface area contributed by atoms with Gasteiger partial charge in [-0.2, -0.15) is 10.1 Å². The molecule has 1 aliphatic heterocycles. The lowest BCUT2D eigenvalue weighted by atomic mass is 10.1. The quantitative estimate of drug-likeness (QED) is 0.197. The number of methoxy groups -OCH3 is 1. The predicted molar refractivity (Wildman–Crippen MR) is 147 cm³/mol. The van der Waals surface area contributed by atoms with Crippen molar-refractivity contribution in [1.82, 2.24) is 24.6 Å². The van der Waals surface area contributed by atoms with Crippen LogP contribution < -0.4 is 14.3 Å². The monoisotopic (exact) mass is 607 g/mol. The van der Waals surface area contributed by atoms with Crippen molar-refractivity contribution in [3.8, 4) is 11.6 Å². The fourth-order valence-corrected chi connectivity index (χ4v) is 5.59. The fraction of sp³-hybridized carbons (Fsp3) is 0.500. The molecule has 3 aromatic rings. The van der Waals surface area contributed by atoms with Gasteiger partial charge in [-0.25, -0.2) is 14.5 Å². The minimum Gasteiger partial charge on any atom is -0.479 e. The van der Waals surface area contributed by atoms with Crippen LogP contribution >= 0.6 is 7.75 Å². The number of benzene rings is 1. The number of aromatic nitrogens is 4. The van der Waals surface area contributed by atoms with Crippen molar-refractivity contribution in [3.05, 3.63) is 42.5 Å². The van der Waals surface area contributed by atoms with E-state index in [1.165, 1.54) is 26.7 Å². The summed E-state index contributed by atoms with van der Waals surface area (Å²) in [6, 6.07) is 5.73. The number of ether oxygens (including phenoxy) is 5. The average Bonchev–Trinajstić information content (AvgIpc) is 3.63. The van der Waals surface area contributed by atoms with Crippen LogP contribution in [-0.4, -0.2) is 77.3 Å². The Balaban J connectivity index is 1.47. The molecule has 3 heterocycles. The second-order valence-electron chi connectivity index (χ2n) is 8.96. The van der Waals surface area contributed by atoms with Crippen LogP contribution in [0.4, 0.5) is 0 Å². The summed E-state index contributed by atoms with van der Waals surface area (Å²) in [4.78, 5) is 36.8. The Morgan fingerprint density at radius 3 is 2.71 bits per heavy atom. The molecule has 1 aliphatic rings. The van der Waals surface area contributed by atoms with Crippen LogP contribution in [0.5, 0.6) is 11.6 Å². The highest BCUT2D eigenvalue weighted by Crippen LogP contribution is 2.46. The zero-order chi connectivity index (χ0) is 30.1. The molecule has 2 aromatic heterocycles. The Morgan fingerprint density at radius 1 is 1.17 bits per heavy atom. The lowest BCUT2D eigenvalue weighted by Gasteiger charge is -2.24. The molecule has 15 nitrogen and oxygen atoms in total. The van der Waals surface area contributed by atoms with E-state index in [9.17, 15) is 14.2 Å². The molecule has 0 radical (unpaired) electrons. The molecule has 4 atom stereocenters. The molecule has 0 aliphatic carbocycles. The van der Waals surface area contributed by atoms with Gasteiger partial charge in [-0.05, 0) is 38.8 Å². The fourth-order valence-electron chi connectivity index (χ4n) is 4.07. The smallest absolute Gasteiger partial charge is 0.459 e. The normalized spacial score (nSPS) is 18.8. The summed E-state index contributed by atoms with van der Waals surface area (Å²) in [6.45, 7) is 5.07. The van der Waals surface area contributed by atoms with Crippen molar-refractivity contribution < 1.29 is 46.9 Å². The SMILES string of the molecule is CCOC(=O)CCc1ccccc1OP(=O)(N[C@@H](C)C(=O)OCC)OC[C@@H]1OC[C@H](n2cnc3c(OC)ncnc32)O1. The number of esters is 2. The van der Waals surface area contributed by atoms with Gasteiger partial charge in [-0.3, -0.25) is 18.7 Å². The predicted octanol–water partition coefficient (Wildman–Crippen LogP) is 2.95. The summed E-state index contributed by atoms with van der Waals surface area (Å²) in [5.74, 6) is -0.488. The number of hydrogen-bond acceptors (Lipinski definition) is 13. The number of imidazole rings is 1. The molecule has 0 spiro atoms. The van der Waals surface area contributed by atoms with Gasteiger partial charge in [0.2, 0.25) is 5.88 Å². The summed E-state index contributed by atoms with van der Waals surface area (Å²) >= 11 is 0. The van der Waals surface area contributed by atoms with Crippen molar-refractivity contribution in [2.75, 3.05) is 33.5 Å². The van der Waals surface area contributed by atoms with Crippen LogP contribution in [0, 0.1) is 0 Å². The van der Waals surface area contributed by atoms with E-state index in [0.717, 1.165) is 0 Å². The Kier molecular flexibility index (Phi) is 10.8. The van der Waals surface area contributed by atoms with Gasteiger partial charge in [0.15, 0.2) is 23.7 Å². The number of carbonyl (C=O) groups excluding carboxylic acids is 2. The molecule has 1 fully saturated rings. The lowest BCUT2D eigenvalue weighted by Crippen LogP contribution is -2.35. The van der Waals surface area contributed by atoms with Crippen LogP contribution in [0.25, 0.3) is 11.2 Å². The Morgan fingerprint density at radius 2 is 1.95 bits per heavy atom. The standard InChI is InChI=1S/C26H34N5O10P/c1-5-36-21(32)12-11-18-9-7-8-10-19(18)41-42(34,30-17(3)26(33)37-6-2)39-14-22-38-13-20(40-22)31-16-29-23-24(31)27-15-28-25(23)35-4/h7-10,15-17,20,22H,5-6,11-14H2,1-4H3,(H,30,34)/t17-,20+,22+,42?/m0/s1. The second kappa shape index (κ2) is 14.5. The first-order chi connectivity index (χ1) is 20.3. The molecular weight excluding hydrogens is 573 g/mol. The number of aryl methyl sites for hydroxylation is 1. The maximum absolute atomic E-state index is 14.0. The first kappa shape index (κ1) is 31.3. The zero-order valence-electron chi connectivity index (χ0n) is 23.8. The molecule has 1 saturated heterocycles. The highest BCUT2D eigenvalue weighted by molar-refractivity contribution is 7.52. The average molecular weight is 608 g/mol. The van der Waals surface area contributed by atoms with E-state index < -0.39 is 32.3 Å². The third-order valence-corrected chi connectivity index (χ3v) is 7.66. The van der Waals surface area contributed by atoms with Crippen LogP contribution in [-0.2, 0) is 44.0 Å². The summed E-state index contributed by atoms with van der Waals surface area (Å²) in [7, 11) is -2.74. The van der Waals surface area contributed by atoms with Gasteiger partial charge in [0.1, 0.15) is 24.7 Å². The molecule has 0 bridgehead atoms. The summed E-state index contributed by atoms with van der Waals surface area (Å²) < 4.78 is 54.2.